The van der Waals surface area contributed by atoms with Gasteiger partial charge in [-0.3, -0.25) is 0 Å². The Morgan fingerprint density at radius 2 is 2.00 bits per heavy atom. The van der Waals surface area contributed by atoms with Gasteiger partial charge in [0.05, 0.1) is 5.70 Å². The monoisotopic (exact) mass is 329 g/mol. The van der Waals surface area contributed by atoms with Crippen LogP contribution in [0.2, 0.25) is 0 Å². The van der Waals surface area contributed by atoms with Crippen molar-refractivity contribution in [1.82, 2.24) is 4.90 Å². The van der Waals surface area contributed by atoms with Crippen molar-refractivity contribution in [2.45, 2.75) is 20.3 Å². The third-order valence-corrected chi connectivity index (χ3v) is 4.38. The lowest BCUT2D eigenvalue weighted by Gasteiger charge is -2.20. The van der Waals surface area contributed by atoms with E-state index in [0.717, 1.165) is 35.1 Å². The van der Waals surface area contributed by atoms with Gasteiger partial charge in [-0.05, 0) is 37.4 Å². The molecule has 1 heterocycles. The molecule has 0 bridgehead atoms. The van der Waals surface area contributed by atoms with Crippen LogP contribution in [-0.4, -0.2) is 23.0 Å². The minimum atomic E-state index is 0.764. The Hall–Kier alpha value is -1.87. The van der Waals surface area contributed by atoms with Crippen LogP contribution in [0.3, 0.4) is 0 Å². The standard InChI is InChI=1S/C20H27NOS/c1-6-10-18(11-7-2)20-13-12-19(22-20)17(5)21(9-4)14-16-23-15-8-3/h6-7,9-13H,1,4-5,8,14-16H2,2-3H3/b11-7-,18-10+. The summed E-state index contributed by atoms with van der Waals surface area (Å²) in [5.74, 6) is 3.80. The summed E-state index contributed by atoms with van der Waals surface area (Å²) in [4.78, 5) is 2.04. The molecule has 0 aromatic carbocycles. The van der Waals surface area contributed by atoms with Crippen molar-refractivity contribution in [3.05, 3.63) is 73.9 Å². The summed E-state index contributed by atoms with van der Waals surface area (Å²) in [6.45, 7) is 16.8. The van der Waals surface area contributed by atoms with Crippen LogP contribution < -0.4 is 0 Å². The number of thioether (sulfide) groups is 1. The molecule has 0 amide bonds. The lowest BCUT2D eigenvalue weighted by Crippen LogP contribution is -2.17. The first-order valence-electron chi connectivity index (χ1n) is 7.89. The first-order valence-corrected chi connectivity index (χ1v) is 9.05. The minimum absolute atomic E-state index is 0.764. The summed E-state index contributed by atoms with van der Waals surface area (Å²) < 4.78 is 5.96. The molecule has 1 aromatic heterocycles. The fraction of sp³-hybridized carbons (Fsp3) is 0.300. The predicted molar refractivity (Wildman–Crippen MR) is 105 cm³/mol. The third-order valence-electron chi connectivity index (χ3n) is 3.21. The zero-order valence-corrected chi connectivity index (χ0v) is 15.1. The Morgan fingerprint density at radius 1 is 1.26 bits per heavy atom. The van der Waals surface area contributed by atoms with Gasteiger partial charge in [-0.1, -0.05) is 51.0 Å². The largest absolute Gasteiger partial charge is 0.455 e. The smallest absolute Gasteiger partial charge is 0.150 e. The van der Waals surface area contributed by atoms with Crippen molar-refractivity contribution in [3.8, 4) is 0 Å². The Bertz CT molecular complexity index is 580. The van der Waals surface area contributed by atoms with Gasteiger partial charge in [0.15, 0.2) is 5.76 Å². The number of hydrogen-bond acceptors (Lipinski definition) is 3. The van der Waals surface area contributed by atoms with Crippen molar-refractivity contribution >= 4 is 23.0 Å². The highest BCUT2D eigenvalue weighted by Crippen LogP contribution is 2.25. The van der Waals surface area contributed by atoms with Gasteiger partial charge in [0, 0.05) is 17.9 Å². The third kappa shape index (κ3) is 6.03. The van der Waals surface area contributed by atoms with Crippen LogP contribution >= 0.6 is 11.8 Å². The van der Waals surface area contributed by atoms with E-state index >= 15 is 0 Å². The molecule has 0 aliphatic carbocycles. The van der Waals surface area contributed by atoms with Gasteiger partial charge in [0.2, 0.25) is 0 Å². The van der Waals surface area contributed by atoms with E-state index in [1.807, 2.05) is 60.1 Å². The van der Waals surface area contributed by atoms with Crippen molar-refractivity contribution in [2.24, 2.45) is 0 Å². The molecule has 0 N–H and O–H groups in total. The summed E-state index contributed by atoms with van der Waals surface area (Å²) in [5.41, 5.74) is 1.83. The maximum Gasteiger partial charge on any atom is 0.150 e. The van der Waals surface area contributed by atoms with E-state index in [9.17, 15) is 0 Å². The second-order valence-corrected chi connectivity index (χ2v) is 6.18. The summed E-state index contributed by atoms with van der Waals surface area (Å²) >= 11 is 1.94. The molecule has 0 spiro atoms. The van der Waals surface area contributed by atoms with Crippen LogP contribution in [0.15, 0.2) is 66.8 Å². The average molecular weight is 330 g/mol. The van der Waals surface area contributed by atoms with Crippen molar-refractivity contribution in [1.29, 1.82) is 0 Å². The van der Waals surface area contributed by atoms with Crippen molar-refractivity contribution in [3.63, 3.8) is 0 Å². The van der Waals surface area contributed by atoms with Gasteiger partial charge in [-0.15, -0.1) is 0 Å². The van der Waals surface area contributed by atoms with E-state index in [0.29, 0.717) is 0 Å². The quantitative estimate of drug-likeness (QED) is 0.367. The molecule has 23 heavy (non-hydrogen) atoms. The topological polar surface area (TPSA) is 16.4 Å². The van der Waals surface area contributed by atoms with Crippen molar-refractivity contribution < 1.29 is 4.42 Å². The molecule has 0 aliphatic rings. The van der Waals surface area contributed by atoms with Gasteiger partial charge >= 0.3 is 0 Å². The van der Waals surface area contributed by atoms with Gasteiger partial charge in [-0.2, -0.15) is 11.8 Å². The first-order chi connectivity index (χ1) is 11.2. The highest BCUT2D eigenvalue weighted by Gasteiger charge is 2.12. The van der Waals surface area contributed by atoms with Gasteiger partial charge < -0.3 is 9.32 Å². The molecule has 124 valence electrons. The van der Waals surface area contributed by atoms with E-state index in [4.69, 9.17) is 4.42 Å². The molecule has 0 saturated carbocycles. The molecular formula is C20H27NOS. The normalized spacial score (nSPS) is 11.7. The van der Waals surface area contributed by atoms with Crippen LogP contribution in [0.1, 0.15) is 31.8 Å². The van der Waals surface area contributed by atoms with Gasteiger partial charge in [-0.25, -0.2) is 0 Å². The first kappa shape index (κ1) is 19.2. The lowest BCUT2D eigenvalue weighted by molar-refractivity contribution is 0.496. The molecule has 0 aliphatic heterocycles. The summed E-state index contributed by atoms with van der Waals surface area (Å²) in [5, 5.41) is 0. The number of allylic oxidation sites excluding steroid dienone is 5. The molecule has 0 radical (unpaired) electrons. The van der Waals surface area contributed by atoms with E-state index in [-0.39, 0.29) is 0 Å². The maximum absolute atomic E-state index is 5.96. The second-order valence-electron chi connectivity index (χ2n) is 4.96. The second kappa shape index (κ2) is 10.8. The zero-order chi connectivity index (χ0) is 17.1. The highest BCUT2D eigenvalue weighted by molar-refractivity contribution is 7.99. The number of nitrogens with zero attached hydrogens (tertiary/aromatic N) is 1. The SMILES string of the molecule is C=C/C=C(\C=C/C)c1ccc(C(=C)N(C=C)CCSCCC)o1. The van der Waals surface area contributed by atoms with Crippen LogP contribution in [0.25, 0.3) is 11.3 Å². The summed E-state index contributed by atoms with van der Waals surface area (Å²) in [6, 6.07) is 3.91. The van der Waals surface area contributed by atoms with Gasteiger partial charge in [0.25, 0.3) is 0 Å². The van der Waals surface area contributed by atoms with E-state index in [1.165, 1.54) is 12.2 Å². The molecule has 3 heteroatoms. The fourth-order valence-electron chi connectivity index (χ4n) is 2.06. The molecule has 1 rings (SSSR count). The summed E-state index contributed by atoms with van der Waals surface area (Å²) in [6.07, 6.45) is 10.7. The highest BCUT2D eigenvalue weighted by atomic mass is 32.2. The maximum atomic E-state index is 5.96. The Balaban J connectivity index is 2.81. The minimum Gasteiger partial charge on any atom is -0.455 e. The number of furan rings is 1. The zero-order valence-electron chi connectivity index (χ0n) is 14.3. The predicted octanol–water partition coefficient (Wildman–Crippen LogP) is 5.98. The van der Waals surface area contributed by atoms with E-state index < -0.39 is 0 Å². The molecule has 2 nitrogen and oxygen atoms in total. The van der Waals surface area contributed by atoms with Gasteiger partial charge in [0.1, 0.15) is 5.76 Å². The average Bonchev–Trinajstić information content (AvgIpc) is 3.04. The van der Waals surface area contributed by atoms with Crippen LogP contribution in [0, 0.1) is 0 Å². The molecule has 0 atom stereocenters. The van der Waals surface area contributed by atoms with E-state index in [1.54, 1.807) is 6.08 Å². The Labute approximate surface area is 144 Å². The van der Waals surface area contributed by atoms with E-state index in [2.05, 4.69) is 26.7 Å². The van der Waals surface area contributed by atoms with Crippen LogP contribution in [0.5, 0.6) is 0 Å². The Kier molecular flexibility index (Phi) is 9.00. The Morgan fingerprint density at radius 3 is 2.61 bits per heavy atom. The summed E-state index contributed by atoms with van der Waals surface area (Å²) in [7, 11) is 0. The molecule has 0 saturated heterocycles. The van der Waals surface area contributed by atoms with Crippen LogP contribution in [-0.2, 0) is 0 Å². The molecular weight excluding hydrogens is 302 g/mol. The number of rotatable bonds is 11. The fourth-order valence-corrected chi connectivity index (χ4v) is 2.88. The molecule has 0 fully saturated rings. The lowest BCUT2D eigenvalue weighted by atomic mass is 10.2. The molecule has 0 unspecified atom stereocenters. The van der Waals surface area contributed by atoms with Crippen molar-refractivity contribution in [2.75, 3.05) is 18.1 Å². The number of hydrogen-bond donors (Lipinski definition) is 0. The van der Waals surface area contributed by atoms with Crippen LogP contribution in [0.4, 0.5) is 0 Å². The molecule has 1 aromatic rings.